The van der Waals surface area contributed by atoms with Crippen LogP contribution in [0.25, 0.3) is 10.9 Å². The number of nitrogens with one attached hydrogen (secondary N) is 1. The number of hydrogen-bond acceptors (Lipinski definition) is 3. The van der Waals surface area contributed by atoms with Crippen LogP contribution in [0.5, 0.6) is 5.88 Å². The van der Waals surface area contributed by atoms with Gasteiger partial charge in [0, 0.05) is 23.6 Å². The van der Waals surface area contributed by atoms with E-state index in [9.17, 15) is 22.8 Å². The summed E-state index contributed by atoms with van der Waals surface area (Å²) in [5, 5.41) is 12.4. The van der Waals surface area contributed by atoms with Gasteiger partial charge in [0.05, 0.1) is 17.6 Å². The summed E-state index contributed by atoms with van der Waals surface area (Å²) in [6, 6.07) is 11.3. The minimum absolute atomic E-state index is 0.0321. The molecule has 0 aliphatic rings. The van der Waals surface area contributed by atoms with Gasteiger partial charge in [-0.1, -0.05) is 39.0 Å². The molecule has 0 saturated carbocycles. The standard InChI is InChI=1S/C23H23F3N2O4/c1-22(2,3)12-19(29)27-16-8-9-18-15(10-16)11-20(32-21(30)31)28(18)13-14-6-4-5-7-17(14)23(24,25)26/h4-11H,12-13H2,1-3H3,(H,27,29)(H,30,31). The Labute approximate surface area is 182 Å². The van der Waals surface area contributed by atoms with Gasteiger partial charge in [0.25, 0.3) is 0 Å². The van der Waals surface area contributed by atoms with Crippen LogP contribution < -0.4 is 10.1 Å². The Morgan fingerprint density at radius 3 is 2.38 bits per heavy atom. The number of carboxylic acid groups (broad SMARTS) is 1. The molecule has 1 aromatic heterocycles. The van der Waals surface area contributed by atoms with Gasteiger partial charge in [-0.25, -0.2) is 4.79 Å². The molecule has 0 spiro atoms. The van der Waals surface area contributed by atoms with Crippen LogP contribution in [0.2, 0.25) is 0 Å². The lowest BCUT2D eigenvalue weighted by Gasteiger charge is -2.17. The van der Waals surface area contributed by atoms with E-state index in [0.717, 1.165) is 6.07 Å². The minimum atomic E-state index is -4.56. The van der Waals surface area contributed by atoms with Crippen molar-refractivity contribution in [3.05, 3.63) is 59.7 Å². The number of alkyl halides is 3. The molecular weight excluding hydrogens is 425 g/mol. The largest absolute Gasteiger partial charge is 0.512 e. The molecule has 0 saturated heterocycles. The number of ether oxygens (including phenoxy) is 1. The molecule has 0 bridgehead atoms. The first-order valence-corrected chi connectivity index (χ1v) is 9.82. The molecule has 0 atom stereocenters. The molecule has 3 rings (SSSR count). The molecule has 0 aliphatic heterocycles. The van der Waals surface area contributed by atoms with Crippen LogP contribution in [-0.4, -0.2) is 21.7 Å². The highest BCUT2D eigenvalue weighted by Gasteiger charge is 2.33. The average Bonchev–Trinajstić information content (AvgIpc) is 2.95. The molecule has 2 N–H and O–H groups in total. The molecule has 1 amide bonds. The number of amides is 1. The van der Waals surface area contributed by atoms with Crippen molar-refractivity contribution in [2.24, 2.45) is 5.41 Å². The first-order valence-electron chi connectivity index (χ1n) is 9.82. The van der Waals surface area contributed by atoms with Crippen LogP contribution in [0.3, 0.4) is 0 Å². The third kappa shape index (κ3) is 5.60. The van der Waals surface area contributed by atoms with Crippen molar-refractivity contribution < 1.29 is 32.6 Å². The summed E-state index contributed by atoms with van der Waals surface area (Å²) in [6.07, 6.45) is -5.84. The minimum Gasteiger partial charge on any atom is -0.449 e. The first-order chi connectivity index (χ1) is 14.8. The number of halogens is 3. The molecule has 0 aliphatic carbocycles. The molecule has 170 valence electrons. The number of hydrogen-bond donors (Lipinski definition) is 2. The van der Waals surface area contributed by atoms with Crippen molar-refractivity contribution in [1.82, 2.24) is 4.57 Å². The predicted octanol–water partition coefficient (Wildman–Crippen LogP) is 6.14. The molecule has 2 aromatic carbocycles. The van der Waals surface area contributed by atoms with Gasteiger partial charge >= 0.3 is 12.3 Å². The lowest BCUT2D eigenvalue weighted by atomic mass is 9.92. The quantitative estimate of drug-likeness (QED) is 0.460. The highest BCUT2D eigenvalue weighted by atomic mass is 19.4. The molecule has 32 heavy (non-hydrogen) atoms. The van der Waals surface area contributed by atoms with E-state index in [2.05, 4.69) is 5.32 Å². The lowest BCUT2D eigenvalue weighted by Crippen LogP contribution is -2.19. The first kappa shape index (κ1) is 23.2. The molecule has 0 unspecified atom stereocenters. The van der Waals surface area contributed by atoms with E-state index < -0.39 is 17.9 Å². The van der Waals surface area contributed by atoms with Gasteiger partial charge in [0.15, 0.2) is 0 Å². The Hall–Kier alpha value is -3.49. The smallest absolute Gasteiger partial charge is 0.449 e. The van der Waals surface area contributed by atoms with Crippen molar-refractivity contribution in [2.45, 2.75) is 39.9 Å². The monoisotopic (exact) mass is 448 g/mol. The summed E-state index contributed by atoms with van der Waals surface area (Å²) < 4.78 is 46.4. The van der Waals surface area contributed by atoms with E-state index in [0.29, 0.717) is 23.0 Å². The van der Waals surface area contributed by atoms with E-state index in [1.807, 2.05) is 20.8 Å². The number of nitrogens with zero attached hydrogens (tertiary/aromatic N) is 1. The molecule has 0 fully saturated rings. The Morgan fingerprint density at radius 2 is 1.75 bits per heavy atom. The number of carbonyl (C=O) groups is 2. The maximum Gasteiger partial charge on any atom is 0.512 e. The van der Waals surface area contributed by atoms with Crippen LogP contribution in [0, 0.1) is 5.41 Å². The van der Waals surface area contributed by atoms with Crippen LogP contribution in [-0.2, 0) is 17.5 Å². The van der Waals surface area contributed by atoms with Gasteiger partial charge in [-0.15, -0.1) is 0 Å². The van der Waals surface area contributed by atoms with Crippen molar-refractivity contribution >= 4 is 28.7 Å². The molecule has 9 heteroatoms. The molecule has 1 heterocycles. The zero-order chi connectivity index (χ0) is 23.7. The maximum atomic E-state index is 13.4. The van der Waals surface area contributed by atoms with Crippen LogP contribution in [0.1, 0.15) is 38.3 Å². The number of fused-ring (bicyclic) bond motifs is 1. The highest BCUT2D eigenvalue weighted by molar-refractivity contribution is 5.94. The van der Waals surface area contributed by atoms with Crippen molar-refractivity contribution in [3.8, 4) is 5.88 Å². The van der Waals surface area contributed by atoms with E-state index in [-0.39, 0.29) is 29.3 Å². The topological polar surface area (TPSA) is 80.6 Å². The fraction of sp³-hybridized carbons (Fsp3) is 0.304. The van der Waals surface area contributed by atoms with E-state index in [1.165, 1.54) is 28.8 Å². The van der Waals surface area contributed by atoms with Crippen molar-refractivity contribution in [3.63, 3.8) is 0 Å². The van der Waals surface area contributed by atoms with Gasteiger partial charge in [0.1, 0.15) is 0 Å². The molecular formula is C23H23F3N2O4. The van der Waals surface area contributed by atoms with Gasteiger partial charge in [-0.3, -0.25) is 4.79 Å². The zero-order valence-electron chi connectivity index (χ0n) is 17.8. The average molecular weight is 448 g/mol. The van der Waals surface area contributed by atoms with Gasteiger partial charge in [-0.05, 0) is 35.2 Å². The fourth-order valence-corrected chi connectivity index (χ4v) is 3.45. The van der Waals surface area contributed by atoms with E-state index >= 15 is 0 Å². The van der Waals surface area contributed by atoms with Gasteiger partial charge in [-0.2, -0.15) is 13.2 Å². The third-order valence-electron chi connectivity index (χ3n) is 4.68. The number of carbonyl (C=O) groups excluding carboxylic acids is 1. The Morgan fingerprint density at radius 1 is 1.06 bits per heavy atom. The summed E-state index contributed by atoms with van der Waals surface area (Å²) in [4.78, 5) is 23.4. The van der Waals surface area contributed by atoms with Crippen molar-refractivity contribution in [1.29, 1.82) is 0 Å². The summed E-state index contributed by atoms with van der Waals surface area (Å²) in [5.74, 6) is -0.306. The predicted molar refractivity (Wildman–Crippen MR) is 114 cm³/mol. The number of rotatable bonds is 5. The number of benzene rings is 2. The second-order valence-electron chi connectivity index (χ2n) is 8.65. The van der Waals surface area contributed by atoms with Crippen LogP contribution in [0.15, 0.2) is 48.5 Å². The second kappa shape index (κ2) is 8.57. The Bertz CT molecular complexity index is 1160. The lowest BCUT2D eigenvalue weighted by molar-refractivity contribution is -0.138. The molecule has 0 radical (unpaired) electrons. The van der Waals surface area contributed by atoms with E-state index in [1.54, 1.807) is 18.2 Å². The van der Waals surface area contributed by atoms with E-state index in [4.69, 9.17) is 9.84 Å². The molecule has 6 nitrogen and oxygen atoms in total. The van der Waals surface area contributed by atoms with Gasteiger partial charge < -0.3 is 19.7 Å². The number of aromatic nitrogens is 1. The van der Waals surface area contributed by atoms with Crippen LogP contribution >= 0.6 is 0 Å². The SMILES string of the molecule is CC(C)(C)CC(=O)Nc1ccc2c(c1)cc(OC(=O)O)n2Cc1ccccc1C(F)(F)F. The third-order valence-corrected chi connectivity index (χ3v) is 4.68. The summed E-state index contributed by atoms with van der Waals surface area (Å²) in [7, 11) is 0. The number of anilines is 1. The Kier molecular flexibility index (Phi) is 6.20. The Balaban J connectivity index is 2.01. The van der Waals surface area contributed by atoms with Gasteiger partial charge in [0.2, 0.25) is 11.8 Å². The zero-order valence-corrected chi connectivity index (χ0v) is 17.8. The second-order valence-corrected chi connectivity index (χ2v) is 8.65. The summed E-state index contributed by atoms with van der Waals surface area (Å²) >= 11 is 0. The summed E-state index contributed by atoms with van der Waals surface area (Å²) in [6.45, 7) is 5.55. The van der Waals surface area contributed by atoms with Crippen LogP contribution in [0.4, 0.5) is 23.7 Å². The molecule has 3 aromatic rings. The summed E-state index contributed by atoms with van der Waals surface area (Å²) in [5.41, 5.74) is -0.0932. The van der Waals surface area contributed by atoms with Crippen molar-refractivity contribution in [2.75, 3.05) is 5.32 Å². The maximum absolute atomic E-state index is 13.4. The normalized spacial score (nSPS) is 12.1. The fourth-order valence-electron chi connectivity index (χ4n) is 3.45. The highest BCUT2D eigenvalue weighted by Crippen LogP contribution is 2.35.